The van der Waals surface area contributed by atoms with Crippen molar-refractivity contribution in [3.8, 4) is 11.5 Å². The Bertz CT molecular complexity index is 2590. The highest BCUT2D eigenvalue weighted by molar-refractivity contribution is 8.00. The van der Waals surface area contributed by atoms with Crippen LogP contribution in [-0.4, -0.2) is 46.9 Å². The second-order valence-electron chi connectivity index (χ2n) is 9.57. The van der Waals surface area contributed by atoms with Crippen LogP contribution in [0.25, 0.3) is 43.9 Å². The monoisotopic (exact) mass is 850 g/mol. The summed E-state index contributed by atoms with van der Waals surface area (Å²) in [4.78, 5) is 0. The van der Waals surface area contributed by atoms with Crippen LogP contribution >= 0.6 is 23.2 Å². The van der Waals surface area contributed by atoms with E-state index in [0.29, 0.717) is 21.6 Å². The minimum Gasteiger partial charge on any atom is -0.507 e. The summed E-state index contributed by atoms with van der Waals surface area (Å²) < 4.78 is 185. The van der Waals surface area contributed by atoms with Crippen LogP contribution in [0.3, 0.4) is 0 Å². The van der Waals surface area contributed by atoms with Gasteiger partial charge in [-0.25, -0.2) is 0 Å². The van der Waals surface area contributed by atoms with Gasteiger partial charge in [0, 0.05) is 10.8 Å². The lowest BCUT2D eigenvalue weighted by Crippen LogP contribution is -2.34. The van der Waals surface area contributed by atoms with E-state index in [0.717, 1.165) is 16.8 Å². The molecule has 4 aromatic carbocycles. The molecule has 0 amide bonds. The molecule has 2 aromatic heterocycles. The molecule has 0 unspecified atom stereocenters. The van der Waals surface area contributed by atoms with Crippen LogP contribution in [0.5, 0.6) is 11.5 Å². The van der Waals surface area contributed by atoms with Gasteiger partial charge in [-0.05, 0) is 36.4 Å². The van der Waals surface area contributed by atoms with Gasteiger partial charge in [0.05, 0.1) is 20.8 Å². The fourth-order valence-corrected chi connectivity index (χ4v) is 6.46. The summed E-state index contributed by atoms with van der Waals surface area (Å²) in [6.45, 7) is 0. The molecule has 0 saturated heterocycles. The summed E-state index contributed by atoms with van der Waals surface area (Å²) in [5.74, 6) is -0.260. The quantitative estimate of drug-likeness (QED) is 0.102. The summed E-state index contributed by atoms with van der Waals surface area (Å²) in [7, 11) is -19.5. The Hall–Kier alpha value is -4.16. The smallest absolute Gasteiger partial charge is 0.507 e. The number of rotatable bonds is 4. The number of alkyl halides is 9. The zero-order chi connectivity index (χ0) is 39.2. The molecule has 11 nitrogen and oxygen atoms in total. The summed E-state index contributed by atoms with van der Waals surface area (Å²) >= 11 is 12.0. The van der Waals surface area contributed by atoms with Crippen molar-refractivity contribution in [3.05, 3.63) is 82.8 Å². The Balaban J connectivity index is 0.000000180. The van der Waals surface area contributed by atoms with E-state index in [9.17, 15) is 69.9 Å². The van der Waals surface area contributed by atoms with E-state index in [4.69, 9.17) is 32.0 Å². The Kier molecular flexibility index (Phi) is 10.9. The molecule has 0 aliphatic rings. The fourth-order valence-electron chi connectivity index (χ4n) is 4.01. The van der Waals surface area contributed by atoms with Gasteiger partial charge in [0.15, 0.2) is 16.9 Å². The largest absolute Gasteiger partial charge is 0.534 e. The third kappa shape index (κ3) is 8.23. The first-order valence-electron chi connectivity index (χ1n) is 12.9. The SMILES string of the molecule is O=S(=O)(OS(=O)(=O)C(F)(F)F)C(F)(F)F.O=S(=O)(Oc1cccc2oc3c(Cl)cccc3c12)C(F)(F)F.Oc1cccc2oc3c(Cl)cccc3c12. The van der Waals surface area contributed by atoms with E-state index in [2.05, 4.69) is 4.18 Å². The van der Waals surface area contributed by atoms with E-state index < -0.39 is 52.6 Å². The van der Waals surface area contributed by atoms with Crippen molar-refractivity contribution >= 4 is 97.4 Å². The van der Waals surface area contributed by atoms with Crippen molar-refractivity contribution in [2.75, 3.05) is 0 Å². The van der Waals surface area contributed by atoms with Crippen LogP contribution in [0, 0.1) is 0 Å². The number of hydrogen-bond donors (Lipinski definition) is 1. The van der Waals surface area contributed by atoms with Gasteiger partial charge in [-0.15, -0.1) is 3.63 Å². The Morgan fingerprint density at radius 1 is 0.538 bits per heavy atom. The van der Waals surface area contributed by atoms with Crippen LogP contribution < -0.4 is 4.18 Å². The molecule has 0 aliphatic heterocycles. The maximum absolute atomic E-state index is 12.5. The first-order valence-corrected chi connectivity index (χ1v) is 17.9. The first kappa shape index (κ1) is 40.6. The van der Waals surface area contributed by atoms with Crippen molar-refractivity contribution in [1.82, 2.24) is 0 Å². The molecule has 0 radical (unpaired) electrons. The molecule has 0 bridgehead atoms. The molecule has 0 saturated carbocycles. The molecule has 0 aliphatic carbocycles. The van der Waals surface area contributed by atoms with Gasteiger partial charge in [0.2, 0.25) is 0 Å². The zero-order valence-corrected chi connectivity index (χ0v) is 28.3. The molecule has 1 N–H and O–H groups in total. The van der Waals surface area contributed by atoms with Crippen LogP contribution in [0.15, 0.2) is 81.6 Å². The van der Waals surface area contributed by atoms with Gasteiger partial charge in [-0.1, -0.05) is 59.6 Å². The molecule has 0 spiro atoms. The highest BCUT2D eigenvalue weighted by Crippen LogP contribution is 2.40. The fraction of sp³-hybridized carbons (Fsp3) is 0.111. The van der Waals surface area contributed by atoms with Crippen LogP contribution in [0.2, 0.25) is 10.0 Å². The summed E-state index contributed by atoms with van der Waals surface area (Å²) in [6.07, 6.45) is 0. The number of phenols is 1. The number of hydrogen-bond acceptors (Lipinski definition) is 11. The molecular weight excluding hydrogens is 838 g/mol. The Labute approximate surface area is 294 Å². The topological polar surface area (TPSA) is 167 Å². The third-order valence-electron chi connectivity index (χ3n) is 6.12. The van der Waals surface area contributed by atoms with Crippen LogP contribution in [0.4, 0.5) is 39.5 Å². The van der Waals surface area contributed by atoms with E-state index in [1.54, 1.807) is 36.4 Å². The van der Waals surface area contributed by atoms with E-state index >= 15 is 0 Å². The zero-order valence-electron chi connectivity index (χ0n) is 24.3. The maximum atomic E-state index is 12.5. The van der Waals surface area contributed by atoms with Crippen molar-refractivity contribution < 1.29 is 86.5 Å². The van der Waals surface area contributed by atoms with E-state index in [1.165, 1.54) is 12.1 Å². The number of aromatic hydroxyl groups is 1. The Morgan fingerprint density at radius 3 is 1.37 bits per heavy atom. The lowest BCUT2D eigenvalue weighted by molar-refractivity contribution is -0.0586. The number of halogens is 11. The highest BCUT2D eigenvalue weighted by atomic mass is 35.5. The maximum Gasteiger partial charge on any atom is 0.534 e. The van der Waals surface area contributed by atoms with E-state index in [-0.39, 0.29) is 27.3 Å². The lowest BCUT2D eigenvalue weighted by Gasteiger charge is -2.09. The molecule has 282 valence electrons. The number of fused-ring (bicyclic) bond motifs is 6. The van der Waals surface area contributed by atoms with Crippen molar-refractivity contribution in [2.45, 2.75) is 16.5 Å². The molecule has 2 heterocycles. The van der Waals surface area contributed by atoms with E-state index in [1.807, 2.05) is 21.8 Å². The van der Waals surface area contributed by atoms with Crippen molar-refractivity contribution in [2.24, 2.45) is 0 Å². The summed E-state index contributed by atoms with van der Waals surface area (Å²) in [6, 6.07) is 19.2. The second-order valence-corrected chi connectivity index (χ2v) is 15.2. The normalized spacial score (nSPS) is 13.1. The predicted octanol–water partition coefficient (Wildman–Crippen LogP) is 9.11. The summed E-state index contributed by atoms with van der Waals surface area (Å²) in [5.41, 5.74) is -16.4. The average Bonchev–Trinajstić information content (AvgIpc) is 3.57. The number of phenolic OH excluding ortho intramolecular Hbond substituents is 1. The average molecular weight is 851 g/mol. The van der Waals surface area contributed by atoms with Gasteiger partial charge < -0.3 is 18.1 Å². The van der Waals surface area contributed by atoms with Crippen LogP contribution in [0.1, 0.15) is 0 Å². The van der Waals surface area contributed by atoms with Crippen molar-refractivity contribution in [1.29, 1.82) is 0 Å². The molecule has 0 fully saturated rings. The molecule has 6 aromatic rings. The van der Waals surface area contributed by atoms with Gasteiger partial charge >= 0.3 is 46.9 Å². The van der Waals surface area contributed by atoms with Crippen LogP contribution in [-0.2, 0) is 34.0 Å². The molecule has 6 rings (SSSR count). The van der Waals surface area contributed by atoms with Gasteiger partial charge in [-0.2, -0.15) is 64.8 Å². The second kappa shape index (κ2) is 14.0. The number of benzene rings is 4. The number of furan rings is 2. The minimum absolute atomic E-state index is 0.104. The number of para-hydroxylation sites is 2. The molecule has 0 atom stereocenters. The molecule has 52 heavy (non-hydrogen) atoms. The Morgan fingerprint density at radius 2 is 0.923 bits per heavy atom. The van der Waals surface area contributed by atoms with Gasteiger partial charge in [0.1, 0.15) is 16.9 Å². The molecular formula is C27H13Cl2F9O11S3. The first-order chi connectivity index (χ1) is 23.7. The predicted molar refractivity (Wildman–Crippen MR) is 166 cm³/mol. The lowest BCUT2D eigenvalue weighted by atomic mass is 10.1. The third-order valence-corrected chi connectivity index (χ3v) is 10.2. The highest BCUT2D eigenvalue weighted by Gasteiger charge is 2.57. The van der Waals surface area contributed by atoms with Crippen molar-refractivity contribution in [3.63, 3.8) is 0 Å². The minimum atomic E-state index is -6.85. The van der Waals surface area contributed by atoms with Gasteiger partial charge in [-0.3, -0.25) is 0 Å². The molecule has 25 heteroatoms. The standard InChI is InChI=1S/C13H6ClF3O4S.C12H7ClO2.C2F6O5S2/c14-8-4-1-3-7-11-9(20-12(7)8)5-2-6-10(11)21-22(18,19)13(15,16)17;13-8-4-1-3-7-11-9(14)5-2-6-10(11)15-12(7)8;3-1(4,5)14(9,10)13-15(11,12)2(6,7)8/h1-6H;1-6,14H;. The van der Waals surface area contributed by atoms with Gasteiger partial charge in [0.25, 0.3) is 0 Å². The summed E-state index contributed by atoms with van der Waals surface area (Å²) in [5, 5.41) is 12.6.